The van der Waals surface area contributed by atoms with Crippen LogP contribution in [0.4, 0.5) is 0 Å². The summed E-state index contributed by atoms with van der Waals surface area (Å²) >= 11 is 0. The Bertz CT molecular complexity index is 514. The van der Waals surface area contributed by atoms with E-state index >= 15 is 0 Å². The van der Waals surface area contributed by atoms with Gasteiger partial charge in [-0.25, -0.2) is 4.79 Å². The molecule has 0 heterocycles. The highest BCUT2D eigenvalue weighted by Gasteiger charge is 2.10. The highest BCUT2D eigenvalue weighted by molar-refractivity contribution is 6.04. The highest BCUT2D eigenvalue weighted by Crippen LogP contribution is 2.19. The summed E-state index contributed by atoms with van der Waals surface area (Å²) in [7, 11) is 0. The molecule has 88 valence electrons. The summed E-state index contributed by atoms with van der Waals surface area (Å²) in [4.78, 5) is 11.8. The zero-order valence-corrected chi connectivity index (χ0v) is 9.43. The molecule has 0 aromatic heterocycles. The minimum absolute atomic E-state index is 0.0306. The number of fused-ring (bicyclic) bond motifs is 1. The van der Waals surface area contributed by atoms with Crippen molar-refractivity contribution in [3.05, 3.63) is 48.0 Å². The maximum Gasteiger partial charge on any atom is 0.338 e. The number of aliphatic hydroxyl groups excluding tert-OH is 1. The van der Waals surface area contributed by atoms with Crippen LogP contribution in [0.3, 0.4) is 0 Å². The van der Waals surface area contributed by atoms with Gasteiger partial charge < -0.3 is 9.84 Å². The lowest BCUT2D eigenvalue weighted by molar-refractivity contribution is 0.0484. The molecule has 0 amide bonds. The van der Waals surface area contributed by atoms with E-state index in [2.05, 4.69) is 0 Å². The van der Waals surface area contributed by atoms with E-state index < -0.39 is 0 Å². The first kappa shape index (κ1) is 11.6. The van der Waals surface area contributed by atoms with Crippen molar-refractivity contribution in [1.29, 1.82) is 0 Å². The van der Waals surface area contributed by atoms with Gasteiger partial charge in [0.05, 0.1) is 12.2 Å². The molecule has 0 saturated carbocycles. The van der Waals surface area contributed by atoms with Crippen LogP contribution in [0.25, 0.3) is 10.8 Å². The second-order valence-corrected chi connectivity index (χ2v) is 3.74. The van der Waals surface area contributed by atoms with Gasteiger partial charge in [0.2, 0.25) is 0 Å². The van der Waals surface area contributed by atoms with E-state index in [1.807, 2.05) is 36.4 Å². The van der Waals surface area contributed by atoms with Crippen molar-refractivity contribution in [2.75, 3.05) is 13.2 Å². The lowest BCUT2D eigenvalue weighted by Crippen LogP contribution is -2.07. The average Bonchev–Trinajstić information content (AvgIpc) is 2.38. The van der Waals surface area contributed by atoms with Crippen LogP contribution in [0.15, 0.2) is 42.5 Å². The Balaban J connectivity index is 2.26. The first-order valence-electron chi connectivity index (χ1n) is 5.58. The van der Waals surface area contributed by atoms with Crippen LogP contribution in [-0.4, -0.2) is 24.3 Å². The third kappa shape index (κ3) is 2.63. The molecular weight excluding hydrogens is 216 g/mol. The van der Waals surface area contributed by atoms with Crippen molar-refractivity contribution in [2.45, 2.75) is 6.42 Å². The van der Waals surface area contributed by atoms with Gasteiger partial charge in [0.1, 0.15) is 0 Å². The Hall–Kier alpha value is -1.87. The molecule has 3 nitrogen and oxygen atoms in total. The summed E-state index contributed by atoms with van der Waals surface area (Å²) in [5.41, 5.74) is 0.570. The van der Waals surface area contributed by atoms with Crippen molar-refractivity contribution >= 4 is 16.7 Å². The maximum absolute atomic E-state index is 11.8. The van der Waals surface area contributed by atoms with E-state index in [0.29, 0.717) is 12.0 Å². The average molecular weight is 230 g/mol. The fourth-order valence-corrected chi connectivity index (χ4v) is 1.71. The molecule has 0 saturated heterocycles. The Morgan fingerprint density at radius 1 is 1.12 bits per heavy atom. The zero-order valence-electron chi connectivity index (χ0n) is 9.43. The molecule has 0 aliphatic carbocycles. The van der Waals surface area contributed by atoms with Crippen LogP contribution in [0.2, 0.25) is 0 Å². The van der Waals surface area contributed by atoms with E-state index in [1.165, 1.54) is 0 Å². The van der Waals surface area contributed by atoms with Gasteiger partial charge in [-0.05, 0) is 16.8 Å². The molecule has 0 aliphatic rings. The van der Waals surface area contributed by atoms with Gasteiger partial charge in [-0.3, -0.25) is 0 Å². The Morgan fingerprint density at radius 2 is 1.88 bits per heavy atom. The van der Waals surface area contributed by atoms with Crippen molar-refractivity contribution in [3.63, 3.8) is 0 Å². The molecule has 17 heavy (non-hydrogen) atoms. The molecule has 0 bridgehead atoms. The smallest absolute Gasteiger partial charge is 0.338 e. The summed E-state index contributed by atoms with van der Waals surface area (Å²) in [5.74, 6) is -0.338. The molecule has 0 aliphatic heterocycles. The van der Waals surface area contributed by atoms with Crippen LogP contribution in [0.5, 0.6) is 0 Å². The van der Waals surface area contributed by atoms with E-state index in [4.69, 9.17) is 9.84 Å². The topological polar surface area (TPSA) is 46.5 Å². The maximum atomic E-state index is 11.8. The lowest BCUT2D eigenvalue weighted by atomic mass is 10.1. The van der Waals surface area contributed by atoms with Crippen molar-refractivity contribution in [1.82, 2.24) is 0 Å². The molecule has 1 N–H and O–H groups in total. The van der Waals surface area contributed by atoms with Crippen molar-refractivity contribution < 1.29 is 14.6 Å². The summed E-state index contributed by atoms with van der Waals surface area (Å²) < 4.78 is 5.08. The number of aliphatic hydroxyl groups is 1. The number of ether oxygens (including phenoxy) is 1. The van der Waals surface area contributed by atoms with Crippen LogP contribution >= 0.6 is 0 Å². The molecule has 0 atom stereocenters. The molecule has 2 aromatic rings. The van der Waals surface area contributed by atoms with Crippen LogP contribution in [0, 0.1) is 0 Å². The Kier molecular flexibility index (Phi) is 3.73. The Labute approximate surface area is 99.6 Å². The van der Waals surface area contributed by atoms with Gasteiger partial charge in [-0.1, -0.05) is 36.4 Å². The van der Waals surface area contributed by atoms with Gasteiger partial charge >= 0.3 is 5.97 Å². The SMILES string of the molecule is O=C(OCCCO)c1cccc2ccccc12. The lowest BCUT2D eigenvalue weighted by Gasteiger charge is -2.06. The minimum atomic E-state index is -0.338. The van der Waals surface area contributed by atoms with Crippen molar-refractivity contribution in [2.24, 2.45) is 0 Å². The molecular formula is C14H14O3. The van der Waals surface area contributed by atoms with E-state index in [1.54, 1.807) is 6.07 Å². The van der Waals surface area contributed by atoms with Gasteiger partial charge in [0.15, 0.2) is 0 Å². The fraction of sp³-hybridized carbons (Fsp3) is 0.214. The molecule has 2 aromatic carbocycles. The molecule has 0 fully saturated rings. The fourth-order valence-electron chi connectivity index (χ4n) is 1.71. The summed E-state index contributed by atoms with van der Waals surface area (Å²) in [5, 5.41) is 10.5. The number of benzene rings is 2. The molecule has 2 rings (SSSR count). The second kappa shape index (κ2) is 5.46. The molecule has 0 unspecified atom stereocenters. The normalized spacial score (nSPS) is 10.4. The molecule has 0 radical (unpaired) electrons. The van der Waals surface area contributed by atoms with Crippen LogP contribution in [0.1, 0.15) is 16.8 Å². The predicted octanol–water partition coefficient (Wildman–Crippen LogP) is 2.38. The van der Waals surface area contributed by atoms with Crippen LogP contribution in [-0.2, 0) is 4.74 Å². The quantitative estimate of drug-likeness (QED) is 0.648. The van der Waals surface area contributed by atoms with Gasteiger partial charge in [0.25, 0.3) is 0 Å². The first-order valence-corrected chi connectivity index (χ1v) is 5.58. The van der Waals surface area contributed by atoms with E-state index in [0.717, 1.165) is 10.8 Å². The minimum Gasteiger partial charge on any atom is -0.462 e. The largest absolute Gasteiger partial charge is 0.462 e. The summed E-state index contributed by atoms with van der Waals surface area (Å²) in [6.45, 7) is 0.279. The molecule has 0 spiro atoms. The van der Waals surface area contributed by atoms with Gasteiger partial charge in [-0.2, -0.15) is 0 Å². The predicted molar refractivity (Wildman–Crippen MR) is 65.9 cm³/mol. The number of carbonyl (C=O) groups is 1. The summed E-state index contributed by atoms with van der Waals surface area (Å²) in [6, 6.07) is 13.2. The summed E-state index contributed by atoms with van der Waals surface area (Å²) in [6.07, 6.45) is 0.469. The third-order valence-corrected chi connectivity index (χ3v) is 2.55. The number of hydrogen-bond acceptors (Lipinski definition) is 3. The number of esters is 1. The number of rotatable bonds is 4. The first-order chi connectivity index (χ1) is 8.33. The van der Waals surface area contributed by atoms with Gasteiger partial charge in [0, 0.05) is 13.0 Å². The highest BCUT2D eigenvalue weighted by atomic mass is 16.5. The van der Waals surface area contributed by atoms with E-state index in [-0.39, 0.29) is 19.2 Å². The molecule has 3 heteroatoms. The third-order valence-electron chi connectivity index (χ3n) is 2.55. The van der Waals surface area contributed by atoms with Gasteiger partial charge in [-0.15, -0.1) is 0 Å². The number of hydrogen-bond donors (Lipinski definition) is 1. The monoisotopic (exact) mass is 230 g/mol. The number of carbonyl (C=O) groups excluding carboxylic acids is 1. The second-order valence-electron chi connectivity index (χ2n) is 3.74. The standard InChI is InChI=1S/C14H14O3/c15-9-4-10-17-14(16)13-8-3-6-11-5-1-2-7-12(11)13/h1-3,5-8,15H,4,9-10H2. The zero-order chi connectivity index (χ0) is 12.1. The van der Waals surface area contributed by atoms with Crippen molar-refractivity contribution in [3.8, 4) is 0 Å². The van der Waals surface area contributed by atoms with Crippen LogP contribution < -0.4 is 0 Å². The van der Waals surface area contributed by atoms with E-state index in [9.17, 15) is 4.79 Å². The Morgan fingerprint density at radius 3 is 2.71 bits per heavy atom.